The molecule has 2 aromatic rings. The van der Waals surface area contributed by atoms with Crippen LogP contribution < -0.4 is 15.1 Å². The summed E-state index contributed by atoms with van der Waals surface area (Å²) in [5.41, 5.74) is 0.699. The summed E-state index contributed by atoms with van der Waals surface area (Å²) in [5, 5.41) is 0. The van der Waals surface area contributed by atoms with Crippen LogP contribution in [0.5, 0.6) is 11.5 Å². The summed E-state index contributed by atoms with van der Waals surface area (Å²) in [6, 6.07) is 10.5. The first-order valence-electron chi connectivity index (χ1n) is 7.75. The maximum absolute atomic E-state index is 12.1. The van der Waals surface area contributed by atoms with Gasteiger partial charge in [-0.15, -0.1) is 0 Å². The van der Waals surface area contributed by atoms with Crippen molar-refractivity contribution in [3.63, 3.8) is 0 Å². The van der Waals surface area contributed by atoms with Gasteiger partial charge < -0.3 is 18.8 Å². The highest BCUT2D eigenvalue weighted by molar-refractivity contribution is 5.78. The van der Waals surface area contributed by atoms with E-state index in [0.717, 1.165) is 5.56 Å². The Balaban J connectivity index is 1.44. The lowest BCUT2D eigenvalue weighted by Gasteiger charge is -2.38. The largest absolute Gasteiger partial charge is 0.486 e. The van der Waals surface area contributed by atoms with Gasteiger partial charge in [0.1, 0.15) is 23.4 Å². The summed E-state index contributed by atoms with van der Waals surface area (Å²) in [5.74, 6) is 1.56. The Bertz CT molecular complexity index is 775. The van der Waals surface area contributed by atoms with Gasteiger partial charge in [0.2, 0.25) is 0 Å². The summed E-state index contributed by atoms with van der Waals surface area (Å²) in [6.07, 6.45) is -0.116. The van der Waals surface area contributed by atoms with Crippen molar-refractivity contribution in [1.82, 2.24) is 4.90 Å². The van der Waals surface area contributed by atoms with Crippen LogP contribution in [0.15, 0.2) is 45.6 Å². The molecule has 6 heteroatoms. The average molecular weight is 329 g/mol. The Morgan fingerprint density at radius 1 is 1.17 bits per heavy atom. The summed E-state index contributed by atoms with van der Waals surface area (Å²) in [7, 11) is 0. The predicted octanol–water partition coefficient (Wildman–Crippen LogP) is 1.93. The monoisotopic (exact) mass is 329 g/mol. The van der Waals surface area contributed by atoms with Crippen molar-refractivity contribution in [2.24, 2.45) is 0 Å². The molecule has 1 aliphatic heterocycles. The van der Waals surface area contributed by atoms with E-state index in [0.29, 0.717) is 30.3 Å². The molecule has 0 bridgehead atoms. The number of hydrogen-bond acceptors (Lipinski definition) is 5. The normalized spacial score (nSPS) is 14.2. The number of likely N-dealkylation sites (tertiary alicyclic amines) is 1. The molecular weight excluding hydrogens is 310 g/mol. The van der Waals surface area contributed by atoms with Crippen LogP contribution in [0.3, 0.4) is 0 Å². The second kappa shape index (κ2) is 6.78. The van der Waals surface area contributed by atoms with Crippen molar-refractivity contribution in [3.8, 4) is 11.5 Å². The third-order valence-corrected chi connectivity index (χ3v) is 3.75. The fourth-order valence-electron chi connectivity index (χ4n) is 2.42. The predicted molar refractivity (Wildman–Crippen MR) is 87.4 cm³/mol. The van der Waals surface area contributed by atoms with E-state index in [-0.39, 0.29) is 18.6 Å². The molecule has 24 heavy (non-hydrogen) atoms. The Labute approximate surface area is 139 Å². The number of carbonyl (C=O) groups is 1. The van der Waals surface area contributed by atoms with Crippen LogP contribution in [0, 0.1) is 13.8 Å². The van der Waals surface area contributed by atoms with E-state index < -0.39 is 5.63 Å². The van der Waals surface area contributed by atoms with Gasteiger partial charge in [-0.05, 0) is 26.0 Å². The third kappa shape index (κ3) is 3.95. The minimum atomic E-state index is -0.441. The molecule has 0 saturated carbocycles. The summed E-state index contributed by atoms with van der Waals surface area (Å²) >= 11 is 0. The van der Waals surface area contributed by atoms with Crippen molar-refractivity contribution in [2.75, 3.05) is 19.7 Å². The fourth-order valence-corrected chi connectivity index (χ4v) is 2.42. The van der Waals surface area contributed by atoms with Crippen molar-refractivity contribution in [3.05, 3.63) is 58.1 Å². The van der Waals surface area contributed by atoms with Crippen LogP contribution in [0.1, 0.15) is 11.3 Å². The van der Waals surface area contributed by atoms with Gasteiger partial charge in [0.15, 0.2) is 6.61 Å². The molecule has 0 unspecified atom stereocenters. The zero-order valence-electron chi connectivity index (χ0n) is 13.7. The van der Waals surface area contributed by atoms with E-state index in [1.54, 1.807) is 17.9 Å². The van der Waals surface area contributed by atoms with E-state index >= 15 is 0 Å². The number of benzene rings is 1. The highest BCUT2D eigenvalue weighted by Crippen LogP contribution is 2.18. The number of hydrogen-bond donors (Lipinski definition) is 0. The van der Waals surface area contributed by atoms with Gasteiger partial charge in [0.25, 0.3) is 5.91 Å². The number of amides is 1. The molecule has 1 aromatic carbocycles. The van der Waals surface area contributed by atoms with Gasteiger partial charge in [-0.25, -0.2) is 4.79 Å². The molecule has 1 aromatic heterocycles. The van der Waals surface area contributed by atoms with Crippen LogP contribution in [-0.4, -0.2) is 36.6 Å². The van der Waals surface area contributed by atoms with Gasteiger partial charge >= 0.3 is 5.63 Å². The molecule has 0 atom stereocenters. The van der Waals surface area contributed by atoms with Crippen LogP contribution in [-0.2, 0) is 4.79 Å². The molecule has 2 heterocycles. The standard InChI is InChI=1S/C18H19NO5/c1-12-3-5-14(6-4-12)22-11-17(20)19-9-16(10-19)24-15-7-13(2)23-18(21)8-15/h3-8,16H,9-11H2,1-2H3. The van der Waals surface area contributed by atoms with Crippen LogP contribution in [0.4, 0.5) is 0 Å². The minimum absolute atomic E-state index is 0.00378. The van der Waals surface area contributed by atoms with Crippen molar-refractivity contribution < 1.29 is 18.7 Å². The van der Waals surface area contributed by atoms with Crippen molar-refractivity contribution in [2.45, 2.75) is 20.0 Å². The van der Waals surface area contributed by atoms with Gasteiger partial charge in [0.05, 0.1) is 19.2 Å². The maximum Gasteiger partial charge on any atom is 0.339 e. The molecule has 0 aliphatic carbocycles. The Morgan fingerprint density at radius 3 is 2.54 bits per heavy atom. The molecule has 0 N–H and O–H groups in total. The molecule has 126 valence electrons. The summed E-state index contributed by atoms with van der Waals surface area (Å²) < 4.78 is 16.0. The first-order valence-corrected chi connectivity index (χ1v) is 7.75. The number of ether oxygens (including phenoxy) is 2. The number of rotatable bonds is 5. The second-order valence-electron chi connectivity index (χ2n) is 5.86. The molecule has 1 amide bonds. The lowest BCUT2D eigenvalue weighted by Crippen LogP contribution is -2.57. The molecule has 6 nitrogen and oxygen atoms in total. The van der Waals surface area contributed by atoms with E-state index in [2.05, 4.69) is 0 Å². The van der Waals surface area contributed by atoms with Gasteiger partial charge in [-0.2, -0.15) is 0 Å². The van der Waals surface area contributed by atoms with Crippen LogP contribution in [0.2, 0.25) is 0 Å². The molecule has 1 saturated heterocycles. The topological polar surface area (TPSA) is 69.0 Å². The Kier molecular flexibility index (Phi) is 4.55. The number of nitrogens with zero attached hydrogens (tertiary/aromatic N) is 1. The fraction of sp³-hybridized carbons (Fsp3) is 0.333. The number of carbonyl (C=O) groups excluding carboxylic acids is 1. The van der Waals surface area contributed by atoms with Gasteiger partial charge in [-0.1, -0.05) is 17.7 Å². The molecular formula is C18H19NO5. The van der Waals surface area contributed by atoms with E-state index in [4.69, 9.17) is 13.9 Å². The van der Waals surface area contributed by atoms with E-state index in [9.17, 15) is 9.59 Å². The van der Waals surface area contributed by atoms with Crippen molar-refractivity contribution in [1.29, 1.82) is 0 Å². The first-order chi connectivity index (χ1) is 11.5. The quantitative estimate of drug-likeness (QED) is 0.838. The number of aryl methyl sites for hydroxylation is 2. The lowest BCUT2D eigenvalue weighted by molar-refractivity contribution is -0.142. The summed E-state index contributed by atoms with van der Waals surface area (Å²) in [6.45, 7) is 4.65. The smallest absolute Gasteiger partial charge is 0.339 e. The zero-order valence-corrected chi connectivity index (χ0v) is 13.7. The highest BCUT2D eigenvalue weighted by Gasteiger charge is 2.32. The first kappa shape index (κ1) is 16.1. The Morgan fingerprint density at radius 2 is 1.88 bits per heavy atom. The van der Waals surface area contributed by atoms with Crippen molar-refractivity contribution >= 4 is 5.91 Å². The minimum Gasteiger partial charge on any atom is -0.486 e. The average Bonchev–Trinajstić information content (AvgIpc) is 2.48. The molecule has 0 radical (unpaired) electrons. The van der Waals surface area contributed by atoms with Gasteiger partial charge in [-0.3, -0.25) is 4.79 Å². The zero-order chi connectivity index (χ0) is 17.1. The SMILES string of the molecule is Cc1ccc(OCC(=O)N2CC(Oc3cc(C)oc(=O)c3)C2)cc1. The Hall–Kier alpha value is -2.76. The van der Waals surface area contributed by atoms with Crippen LogP contribution in [0.25, 0.3) is 0 Å². The molecule has 1 fully saturated rings. The second-order valence-corrected chi connectivity index (χ2v) is 5.86. The molecule has 1 aliphatic rings. The lowest BCUT2D eigenvalue weighted by atomic mass is 10.1. The van der Waals surface area contributed by atoms with E-state index in [1.165, 1.54) is 6.07 Å². The maximum atomic E-state index is 12.1. The van der Waals surface area contributed by atoms with E-state index in [1.807, 2.05) is 31.2 Å². The summed E-state index contributed by atoms with van der Waals surface area (Å²) in [4.78, 5) is 25.0. The van der Waals surface area contributed by atoms with Crippen LogP contribution >= 0.6 is 0 Å². The molecule has 3 rings (SSSR count). The third-order valence-electron chi connectivity index (χ3n) is 3.75. The highest BCUT2D eigenvalue weighted by atomic mass is 16.5. The molecule has 0 spiro atoms. The van der Waals surface area contributed by atoms with Gasteiger partial charge in [0, 0.05) is 6.07 Å².